The van der Waals surface area contributed by atoms with E-state index in [4.69, 9.17) is 29.7 Å². The second-order valence-corrected chi connectivity index (χ2v) is 29.5. The first-order valence-electron chi connectivity index (χ1n) is 35.7. The molecule has 11 atom stereocenters. The minimum absolute atomic E-state index is 0.0107. The number of benzene rings is 4. The third-order valence-corrected chi connectivity index (χ3v) is 21.8. The zero-order valence-corrected chi connectivity index (χ0v) is 62.0. The number of aliphatic hydroxyl groups excluding tert-OH is 3. The number of anilines is 3. The van der Waals surface area contributed by atoms with Crippen LogP contribution < -0.4 is 42.1 Å². The number of nitrogens with two attached hydrogens (primary N) is 1. The molecule has 5 aromatic rings. The van der Waals surface area contributed by atoms with Crippen molar-refractivity contribution in [2.45, 2.75) is 169 Å². The van der Waals surface area contributed by atoms with Crippen molar-refractivity contribution in [2.75, 3.05) is 55.9 Å². The van der Waals surface area contributed by atoms with Crippen molar-refractivity contribution in [1.82, 2.24) is 25.4 Å². The molecular weight excluding hydrogens is 1370 g/mol. The number of unbranched alkanes of at least 4 members (excludes halogenated alkanes) is 2. The fourth-order valence-electron chi connectivity index (χ4n) is 13.9. The SMILES string of the molecule is CO[C@H]1/C=C/O[C@@]2(C)Oc3c(C)c(=O)c4c(O)c(c5sc6cc(N7CCC(N(C)C(=O)OCc8ccc(NC(=O)[C@H](CCCNC(N)=O)CC(=O)[C@@H](NC(=O)CCCCCN9C(=O)C=CC9=O)C(C)C)cc8)CC7)ccc6nc5c4c3C2=O)NC(=O)/C(C)=C\C=C\[C@H](C)[C@H](O)[C@@H](C)[C@@H](O)[C@@H](C)[C@H](O)[C@@H]1C. The maximum absolute atomic E-state index is 15.0. The first-order valence-corrected chi connectivity index (χ1v) is 36.5. The molecule has 0 radical (unpaired) electrons. The highest BCUT2D eigenvalue weighted by atomic mass is 32.1. The zero-order chi connectivity index (χ0) is 76.5. The van der Waals surface area contributed by atoms with Crippen LogP contribution in [0.2, 0.25) is 0 Å². The predicted octanol–water partition coefficient (Wildman–Crippen LogP) is 8.72. The van der Waals surface area contributed by atoms with Crippen molar-refractivity contribution >= 4 is 113 Å². The fourth-order valence-corrected chi connectivity index (χ4v) is 15.1. The first-order chi connectivity index (χ1) is 49.8. The number of piperidine rings is 1. The van der Waals surface area contributed by atoms with Gasteiger partial charge in [-0.1, -0.05) is 78.3 Å². The van der Waals surface area contributed by atoms with Crippen LogP contribution in [-0.4, -0.2) is 171 Å². The average molecular weight is 1470 g/mol. The van der Waals surface area contributed by atoms with Crippen LogP contribution in [0.25, 0.3) is 31.2 Å². The number of rotatable bonds is 22. The molecule has 4 aliphatic heterocycles. The molecule has 5 heterocycles. The second-order valence-electron chi connectivity index (χ2n) is 28.4. The number of amides is 8. The molecule has 0 aliphatic carbocycles. The number of methoxy groups -OCH3 is 1. The summed E-state index contributed by atoms with van der Waals surface area (Å²) in [4.78, 5) is 144. The van der Waals surface area contributed by atoms with Gasteiger partial charge in [-0.05, 0) is 100 Å². The number of urea groups is 1. The van der Waals surface area contributed by atoms with Crippen molar-refractivity contribution in [1.29, 1.82) is 0 Å². The zero-order valence-electron chi connectivity index (χ0n) is 61.2. The van der Waals surface area contributed by atoms with Crippen LogP contribution in [0.4, 0.5) is 26.7 Å². The Balaban J connectivity index is 0.872. The summed E-state index contributed by atoms with van der Waals surface area (Å²) >= 11 is 1.17. The Bertz CT molecular complexity index is 4320. The highest BCUT2D eigenvalue weighted by molar-refractivity contribution is 7.25. The number of aromatic nitrogens is 1. The maximum Gasteiger partial charge on any atom is 0.410 e. The minimum Gasteiger partial charge on any atom is -0.505 e. The summed E-state index contributed by atoms with van der Waals surface area (Å²) in [6.45, 7) is 16.2. The van der Waals surface area contributed by atoms with Gasteiger partial charge in [0.25, 0.3) is 23.5 Å². The summed E-state index contributed by atoms with van der Waals surface area (Å²) in [5, 5.41) is 57.7. The molecule has 28 heteroatoms. The van der Waals surface area contributed by atoms with E-state index in [-0.39, 0.29) is 124 Å². The smallest absolute Gasteiger partial charge is 0.410 e. The van der Waals surface area contributed by atoms with E-state index in [1.807, 2.05) is 12.1 Å². The van der Waals surface area contributed by atoms with Crippen molar-refractivity contribution in [3.63, 3.8) is 0 Å². The Hall–Kier alpha value is -9.61. The molecule has 0 saturated carbocycles. The Morgan fingerprint density at radius 3 is 2.22 bits per heavy atom. The lowest BCUT2D eigenvalue weighted by atomic mass is 9.78. The third kappa shape index (κ3) is 18.2. The molecule has 9 rings (SSSR count). The summed E-state index contributed by atoms with van der Waals surface area (Å²) in [6, 6.07) is 10.5. The highest BCUT2D eigenvalue weighted by Gasteiger charge is 2.50. The summed E-state index contributed by atoms with van der Waals surface area (Å²) < 4.78 is 24.8. The van der Waals surface area contributed by atoms with E-state index < -0.39 is 107 Å². The number of nitrogens with zero attached hydrogens (tertiary/aromatic N) is 4. The van der Waals surface area contributed by atoms with Gasteiger partial charge in [0.15, 0.2) is 17.0 Å². The predicted molar refractivity (Wildman–Crippen MR) is 397 cm³/mol. The minimum atomic E-state index is -2.06. The van der Waals surface area contributed by atoms with E-state index in [0.717, 1.165) is 10.6 Å². The van der Waals surface area contributed by atoms with Crippen LogP contribution in [-0.2, 0) is 49.6 Å². The number of carbonyl (C=O) groups is 9. The normalized spacial score (nSPS) is 24.3. The van der Waals surface area contributed by atoms with Crippen LogP contribution in [0.3, 0.4) is 0 Å². The molecule has 0 spiro atoms. The third-order valence-electron chi connectivity index (χ3n) is 20.7. The number of aromatic hydroxyl groups is 1. The molecule has 8 amide bonds. The Morgan fingerprint density at radius 1 is 0.876 bits per heavy atom. The number of ether oxygens (including phenoxy) is 4. The molecular formula is C77H97N9O18S. The van der Waals surface area contributed by atoms with Gasteiger partial charge < -0.3 is 76.2 Å². The topological polar surface area (TPSA) is 385 Å². The van der Waals surface area contributed by atoms with E-state index in [9.17, 15) is 68.4 Å². The van der Waals surface area contributed by atoms with Gasteiger partial charge in [0, 0.05) is 136 Å². The number of allylic oxidation sites excluding steroid dienone is 2. The number of hydrogen-bond donors (Lipinski definition) is 9. The van der Waals surface area contributed by atoms with Crippen LogP contribution in [0.1, 0.15) is 135 Å². The maximum atomic E-state index is 15.0. The van der Waals surface area contributed by atoms with E-state index >= 15 is 0 Å². The number of Topliss-reactive ketones (excluding diaryl/α,β-unsaturated/α-hetero) is 2. The van der Waals surface area contributed by atoms with Crippen LogP contribution in [0.5, 0.6) is 11.5 Å². The number of carbonyl (C=O) groups excluding carboxylic acids is 9. The molecule has 4 bridgehead atoms. The van der Waals surface area contributed by atoms with E-state index in [1.165, 1.54) is 62.9 Å². The fraction of sp³-hybridized carbons (Fsp3) is 0.494. The number of phenolic OH excluding ortho intramolecular Hbond substituents is 1. The lowest BCUT2D eigenvalue weighted by Crippen LogP contribution is -2.45. The summed E-state index contributed by atoms with van der Waals surface area (Å²) in [5.74, 6) is -9.71. The van der Waals surface area contributed by atoms with Gasteiger partial charge in [0.1, 0.15) is 18.0 Å². The lowest BCUT2D eigenvalue weighted by molar-refractivity contribution is -0.137. The van der Waals surface area contributed by atoms with Crippen LogP contribution in [0.15, 0.2) is 95.6 Å². The van der Waals surface area contributed by atoms with Crippen molar-refractivity contribution in [3.05, 3.63) is 118 Å². The van der Waals surface area contributed by atoms with Gasteiger partial charge in [0.05, 0.1) is 68.1 Å². The van der Waals surface area contributed by atoms with Crippen molar-refractivity contribution in [2.24, 2.45) is 41.2 Å². The molecule has 4 aliphatic rings. The quantitative estimate of drug-likeness (QED) is 0.0103. The van der Waals surface area contributed by atoms with E-state index in [2.05, 4.69) is 26.2 Å². The standard InChI is InChI=1S/C77H97N9O18S/c1-40(2)62(82-56(88)20-13-12-14-33-86-57(89)27-28-58(86)90)53(87)37-48(19-16-32-79-75(78)99)74(98)80-49-23-21-47(22-24-49)39-102-76(100)84(10)50-29-34-85(35-30-50)51-25-26-52-55(38-51)105-71-63(81-52)59-60-68(94)46(8)70-61(59)72(96)77(9,104-70)103-36-31-54(101-11)43(5)66(92)45(7)67(93)44(6)65(91)41(3)17-15-18-42(4)73(97)83-64(71)69(60)95/h15,17-18,21-28,31,36,38,40-41,43-45,48,50,54,62,65-67,91-93,95H,12-14,16,19-20,29-30,32-35,37,39H2,1-11H3,(H,80,98)(H,82,88)(H,83,97)(H3,78,79,99)/b17-15+,36-31+,42-18-/t41-,43+,44+,45-,48+,54-,62-,65-,66+,67+,77-/m0/s1. The number of primary amides is 1. The van der Waals surface area contributed by atoms with Crippen LogP contribution >= 0.6 is 11.3 Å². The summed E-state index contributed by atoms with van der Waals surface area (Å²) in [6.07, 6.45) is 8.42. The highest BCUT2D eigenvalue weighted by Crippen LogP contribution is 2.50. The van der Waals surface area contributed by atoms with Crippen LogP contribution in [0, 0.1) is 42.4 Å². The van der Waals surface area contributed by atoms with Gasteiger partial charge in [0.2, 0.25) is 11.8 Å². The molecule has 105 heavy (non-hydrogen) atoms. The number of aliphatic hydroxyl groups is 3. The second kappa shape index (κ2) is 34.5. The molecule has 1 aromatic heterocycles. The van der Waals surface area contributed by atoms with E-state index in [0.29, 0.717) is 73.1 Å². The molecule has 1 fully saturated rings. The Morgan fingerprint density at radius 2 is 1.55 bits per heavy atom. The molecule has 1 saturated heterocycles. The number of fused-ring (bicyclic) bond motifs is 2. The molecule has 564 valence electrons. The van der Waals surface area contributed by atoms with Gasteiger partial charge in [-0.3, -0.25) is 43.3 Å². The van der Waals surface area contributed by atoms with Gasteiger partial charge in [-0.15, -0.1) is 11.3 Å². The summed E-state index contributed by atoms with van der Waals surface area (Å²) in [5.41, 5.74) is 7.00. The van der Waals surface area contributed by atoms with Gasteiger partial charge in [-0.25, -0.2) is 14.6 Å². The van der Waals surface area contributed by atoms with E-state index in [1.54, 1.807) is 103 Å². The number of nitrogens with one attached hydrogen (secondary N) is 4. The molecule has 4 aromatic carbocycles. The summed E-state index contributed by atoms with van der Waals surface area (Å²) in [7, 11) is 3.12. The Kier molecular flexibility index (Phi) is 26.2. The number of ketones is 2. The van der Waals surface area contributed by atoms with Crippen molar-refractivity contribution in [3.8, 4) is 11.5 Å². The number of hydrogen-bond acceptors (Lipinski definition) is 21. The molecule has 10 N–H and O–H groups in total. The van der Waals surface area contributed by atoms with Gasteiger partial charge >= 0.3 is 17.9 Å². The molecule has 0 unspecified atom stereocenters. The Labute approximate surface area is 613 Å². The van der Waals surface area contributed by atoms with Crippen molar-refractivity contribution < 1.29 is 82.5 Å². The number of phenols is 1. The monoisotopic (exact) mass is 1470 g/mol. The van der Waals surface area contributed by atoms with Gasteiger partial charge in [-0.2, -0.15) is 0 Å². The first kappa shape index (κ1) is 79.5. The lowest BCUT2D eigenvalue weighted by Gasteiger charge is -2.37. The average Bonchev–Trinajstić information content (AvgIpc) is 1.64. The largest absolute Gasteiger partial charge is 0.505 e. The number of imide groups is 1. The molecule has 27 nitrogen and oxygen atoms in total.